The van der Waals surface area contributed by atoms with Crippen LogP contribution in [-0.4, -0.2) is 58.4 Å². The number of urea groups is 1. The molecule has 1 fully saturated rings. The van der Waals surface area contributed by atoms with Crippen molar-refractivity contribution < 1.29 is 32.6 Å². The van der Waals surface area contributed by atoms with Gasteiger partial charge in [-0.2, -0.15) is 18.2 Å². The van der Waals surface area contributed by atoms with Crippen LogP contribution in [0.15, 0.2) is 12.3 Å². The summed E-state index contributed by atoms with van der Waals surface area (Å²) in [6, 6.07) is 0.427. The first-order valence-corrected chi connectivity index (χ1v) is 6.45. The number of halogens is 3. The van der Waals surface area contributed by atoms with Crippen LogP contribution in [0.3, 0.4) is 0 Å². The molecule has 0 aliphatic carbocycles. The Morgan fingerprint density at radius 3 is 2.65 bits per heavy atom. The van der Waals surface area contributed by atoms with Gasteiger partial charge in [0.1, 0.15) is 5.82 Å². The lowest BCUT2D eigenvalue weighted by molar-refractivity contribution is -0.187. The smallest absolute Gasteiger partial charge is 0.394 e. The molecule has 1 aliphatic heterocycles. The number of rotatable bonds is 3. The molecular formula is C12H13F3N4O4. The summed E-state index contributed by atoms with van der Waals surface area (Å²) in [5.74, 6) is -5.36. The van der Waals surface area contributed by atoms with Crippen LogP contribution in [0.4, 0.5) is 23.8 Å². The van der Waals surface area contributed by atoms with E-state index in [1.165, 1.54) is 19.4 Å². The van der Waals surface area contributed by atoms with Crippen LogP contribution in [0.2, 0.25) is 0 Å². The summed E-state index contributed by atoms with van der Waals surface area (Å²) in [7, 11) is 1.31. The number of nitrogens with one attached hydrogen (secondary N) is 1. The fraction of sp³-hybridized carbons (Fsp3) is 0.500. The minimum Gasteiger partial charge on any atom is -0.481 e. The second-order valence-electron chi connectivity index (χ2n) is 4.86. The predicted octanol–water partition coefficient (Wildman–Crippen LogP) is 1.21. The van der Waals surface area contributed by atoms with Crippen molar-refractivity contribution in [2.75, 3.05) is 25.5 Å². The molecule has 0 spiro atoms. The van der Waals surface area contributed by atoms with Gasteiger partial charge in [-0.05, 0) is 6.07 Å². The van der Waals surface area contributed by atoms with Gasteiger partial charge in [0.05, 0.1) is 18.9 Å². The van der Waals surface area contributed by atoms with E-state index in [-0.39, 0.29) is 11.8 Å². The summed E-state index contributed by atoms with van der Waals surface area (Å²) in [6.07, 6.45) is -3.40. The van der Waals surface area contributed by atoms with Gasteiger partial charge in [-0.3, -0.25) is 10.1 Å². The molecule has 0 bridgehead atoms. The Bertz CT molecular complexity index is 610. The van der Waals surface area contributed by atoms with Crippen LogP contribution in [0.25, 0.3) is 0 Å². The van der Waals surface area contributed by atoms with Gasteiger partial charge in [-0.15, -0.1) is 0 Å². The number of hydrogen-bond donors (Lipinski definition) is 2. The van der Waals surface area contributed by atoms with Gasteiger partial charge in [0.15, 0.2) is 0 Å². The molecule has 2 atom stereocenters. The van der Waals surface area contributed by atoms with Crippen molar-refractivity contribution in [1.29, 1.82) is 0 Å². The summed E-state index contributed by atoms with van der Waals surface area (Å²) in [5.41, 5.74) is 0. The Morgan fingerprint density at radius 2 is 2.13 bits per heavy atom. The number of ether oxygens (including phenoxy) is 1. The predicted molar refractivity (Wildman–Crippen MR) is 69.8 cm³/mol. The van der Waals surface area contributed by atoms with Crippen molar-refractivity contribution in [3.8, 4) is 6.01 Å². The van der Waals surface area contributed by atoms with E-state index in [4.69, 9.17) is 9.84 Å². The first kappa shape index (κ1) is 16.8. The molecule has 2 rings (SSSR count). The number of carboxylic acids is 1. The quantitative estimate of drug-likeness (QED) is 0.861. The van der Waals surface area contributed by atoms with Crippen LogP contribution >= 0.6 is 0 Å². The number of aromatic nitrogens is 2. The Morgan fingerprint density at radius 1 is 1.43 bits per heavy atom. The first-order valence-electron chi connectivity index (χ1n) is 6.45. The number of likely N-dealkylation sites (tertiary alicyclic amines) is 1. The standard InChI is InChI=1S/C12H13F3N4O4/c1-23-10-16-3-2-8(17-10)18-11(22)19-4-6(9(20)21)7(5-19)12(13,14)15/h2-3,6-7H,4-5H2,1H3,(H,20,21)(H,16,17,18,22)/t6-,7-/m1/s1. The molecule has 0 aromatic carbocycles. The van der Waals surface area contributed by atoms with E-state index in [0.29, 0.717) is 0 Å². The van der Waals surface area contributed by atoms with Crippen molar-refractivity contribution in [1.82, 2.24) is 14.9 Å². The molecule has 1 saturated heterocycles. The summed E-state index contributed by atoms with van der Waals surface area (Å²) in [4.78, 5) is 31.3. The van der Waals surface area contributed by atoms with Crippen LogP contribution in [-0.2, 0) is 4.79 Å². The number of carbonyl (C=O) groups is 2. The third-order valence-electron chi connectivity index (χ3n) is 3.40. The minimum atomic E-state index is -4.70. The van der Waals surface area contributed by atoms with Gasteiger partial charge in [0, 0.05) is 19.3 Å². The fourth-order valence-corrected chi connectivity index (χ4v) is 2.25. The highest BCUT2D eigenvalue weighted by Gasteiger charge is 2.53. The van der Waals surface area contributed by atoms with E-state index in [0.717, 1.165) is 4.90 Å². The summed E-state index contributed by atoms with van der Waals surface area (Å²) < 4.78 is 43.4. The number of nitrogens with zero attached hydrogens (tertiary/aromatic N) is 3. The number of hydrogen-bond acceptors (Lipinski definition) is 5. The molecule has 0 saturated carbocycles. The van der Waals surface area contributed by atoms with E-state index < -0.39 is 43.1 Å². The highest BCUT2D eigenvalue weighted by Crippen LogP contribution is 2.37. The van der Waals surface area contributed by atoms with Crippen LogP contribution < -0.4 is 10.1 Å². The highest BCUT2D eigenvalue weighted by molar-refractivity contribution is 5.89. The van der Waals surface area contributed by atoms with Gasteiger partial charge in [0.2, 0.25) is 0 Å². The second-order valence-corrected chi connectivity index (χ2v) is 4.86. The Kier molecular flexibility index (Phi) is 4.57. The van der Waals surface area contributed by atoms with Gasteiger partial charge in [0.25, 0.3) is 0 Å². The number of alkyl halides is 3. The van der Waals surface area contributed by atoms with Crippen molar-refractivity contribution in [2.24, 2.45) is 11.8 Å². The van der Waals surface area contributed by atoms with Crippen molar-refractivity contribution >= 4 is 17.8 Å². The lowest BCUT2D eigenvalue weighted by Crippen LogP contribution is -2.35. The van der Waals surface area contributed by atoms with E-state index in [1.807, 2.05) is 0 Å². The van der Waals surface area contributed by atoms with Crippen molar-refractivity contribution in [3.05, 3.63) is 12.3 Å². The lowest BCUT2D eigenvalue weighted by Gasteiger charge is -2.18. The molecule has 11 heteroatoms. The highest BCUT2D eigenvalue weighted by atomic mass is 19.4. The number of methoxy groups -OCH3 is 1. The third kappa shape index (κ3) is 3.79. The topological polar surface area (TPSA) is 105 Å². The van der Waals surface area contributed by atoms with E-state index in [1.54, 1.807) is 0 Å². The van der Waals surface area contributed by atoms with Crippen LogP contribution in [0.5, 0.6) is 6.01 Å². The maximum atomic E-state index is 12.9. The number of anilines is 1. The molecule has 2 heterocycles. The molecular weight excluding hydrogens is 321 g/mol. The summed E-state index contributed by atoms with van der Waals surface area (Å²) in [5, 5.41) is 11.2. The molecule has 0 unspecified atom stereocenters. The van der Waals surface area contributed by atoms with Gasteiger partial charge in [-0.1, -0.05) is 0 Å². The zero-order chi connectivity index (χ0) is 17.2. The monoisotopic (exact) mass is 334 g/mol. The zero-order valence-corrected chi connectivity index (χ0v) is 11.9. The molecule has 1 aromatic rings. The van der Waals surface area contributed by atoms with Gasteiger partial charge in [-0.25, -0.2) is 9.78 Å². The maximum Gasteiger partial charge on any atom is 0.394 e. The normalized spacial score (nSPS) is 21.1. The van der Waals surface area contributed by atoms with Crippen LogP contribution in [0.1, 0.15) is 0 Å². The third-order valence-corrected chi connectivity index (χ3v) is 3.40. The second kappa shape index (κ2) is 6.26. The maximum absolute atomic E-state index is 12.9. The van der Waals surface area contributed by atoms with Gasteiger partial charge < -0.3 is 14.7 Å². The Balaban J connectivity index is 2.09. The molecule has 8 nitrogen and oxygen atoms in total. The molecule has 1 aliphatic rings. The number of aliphatic carboxylic acids is 1. The molecule has 23 heavy (non-hydrogen) atoms. The number of carbonyl (C=O) groups excluding carboxylic acids is 1. The first-order chi connectivity index (χ1) is 10.7. The molecule has 1 aromatic heterocycles. The van der Waals surface area contributed by atoms with Crippen LogP contribution in [0, 0.1) is 11.8 Å². The van der Waals surface area contributed by atoms with Gasteiger partial charge >= 0.3 is 24.2 Å². The Labute approximate surface area is 128 Å². The number of carboxylic acid groups (broad SMARTS) is 1. The number of amides is 2. The SMILES string of the molecule is COc1nccc(NC(=O)N2C[C@@H](C(F)(F)F)[C@H](C(=O)O)C2)n1. The Hall–Kier alpha value is -2.59. The lowest BCUT2D eigenvalue weighted by atomic mass is 9.96. The fourth-order valence-electron chi connectivity index (χ4n) is 2.25. The molecule has 2 amide bonds. The van der Waals surface area contributed by atoms with E-state index in [9.17, 15) is 22.8 Å². The summed E-state index contributed by atoms with van der Waals surface area (Å²) in [6.45, 7) is -1.26. The van der Waals surface area contributed by atoms with E-state index in [2.05, 4.69) is 15.3 Å². The molecule has 0 radical (unpaired) electrons. The average Bonchev–Trinajstić information content (AvgIpc) is 2.93. The van der Waals surface area contributed by atoms with E-state index >= 15 is 0 Å². The van der Waals surface area contributed by atoms with Crippen molar-refractivity contribution in [2.45, 2.75) is 6.18 Å². The minimum absolute atomic E-state index is 0.0270. The largest absolute Gasteiger partial charge is 0.481 e. The van der Waals surface area contributed by atoms with Crippen molar-refractivity contribution in [3.63, 3.8) is 0 Å². The molecule has 2 N–H and O–H groups in total. The average molecular weight is 334 g/mol. The zero-order valence-electron chi connectivity index (χ0n) is 11.9. The summed E-state index contributed by atoms with van der Waals surface area (Å²) >= 11 is 0. The molecule has 126 valence electrons.